The van der Waals surface area contributed by atoms with Crippen LogP contribution in [-0.2, 0) is 38.8 Å². The van der Waals surface area contributed by atoms with E-state index in [1.54, 1.807) is 43.3 Å². The van der Waals surface area contributed by atoms with Gasteiger partial charge in [-0.15, -0.1) is 0 Å². The number of likely N-dealkylation sites (N-methyl/N-ethyl adjacent to an activating group) is 1. The summed E-state index contributed by atoms with van der Waals surface area (Å²) >= 11 is 5.73. The number of rotatable bonds is 11. The number of halogens is 4. The predicted octanol–water partition coefficient (Wildman–Crippen LogP) is 5.21. The third-order valence-corrected chi connectivity index (χ3v) is 7.75. The van der Waals surface area contributed by atoms with Crippen LogP contribution < -0.4 is 9.62 Å². The standard InChI is InChI=1S/C29H31ClF3N3O4S/c1-4-34-28(38)26(16-21-10-6-5-7-11-21)35(18-22-12-8-9-20(2)15-22)27(37)19-36(41(3,39)40)23-13-14-25(30)24(17-23)29(31,32)33/h5-15,17,26H,4,16,18-19H2,1-3H3,(H,34,38). The van der Waals surface area contributed by atoms with Crippen molar-refractivity contribution in [3.63, 3.8) is 0 Å². The van der Waals surface area contributed by atoms with Gasteiger partial charge in [0.05, 0.1) is 22.5 Å². The number of aryl methyl sites for hydroxylation is 1. The second-order valence-electron chi connectivity index (χ2n) is 9.54. The summed E-state index contributed by atoms with van der Waals surface area (Å²) in [5.41, 5.74) is 0.742. The van der Waals surface area contributed by atoms with E-state index in [-0.39, 0.29) is 25.2 Å². The number of anilines is 1. The number of nitrogens with zero attached hydrogens (tertiary/aromatic N) is 2. The molecule has 0 spiro atoms. The van der Waals surface area contributed by atoms with E-state index >= 15 is 0 Å². The van der Waals surface area contributed by atoms with Gasteiger partial charge in [-0.3, -0.25) is 13.9 Å². The van der Waals surface area contributed by atoms with Gasteiger partial charge in [-0.1, -0.05) is 71.8 Å². The zero-order chi connectivity index (χ0) is 30.4. The number of hydrogen-bond acceptors (Lipinski definition) is 4. The Morgan fingerprint density at radius 1 is 0.976 bits per heavy atom. The Balaban J connectivity index is 2.09. The number of carbonyl (C=O) groups excluding carboxylic acids is 2. The van der Waals surface area contributed by atoms with Crippen LogP contribution in [0.3, 0.4) is 0 Å². The van der Waals surface area contributed by atoms with E-state index in [0.717, 1.165) is 29.5 Å². The van der Waals surface area contributed by atoms with E-state index in [1.165, 1.54) is 4.90 Å². The quantitative estimate of drug-likeness (QED) is 0.323. The third kappa shape index (κ3) is 8.71. The van der Waals surface area contributed by atoms with Crippen LogP contribution in [0, 0.1) is 6.92 Å². The molecule has 1 unspecified atom stereocenters. The van der Waals surface area contributed by atoms with Gasteiger partial charge in [-0.05, 0) is 43.2 Å². The number of amides is 2. The highest BCUT2D eigenvalue weighted by Crippen LogP contribution is 2.37. The first-order valence-electron chi connectivity index (χ1n) is 12.7. The van der Waals surface area contributed by atoms with Gasteiger partial charge in [0.2, 0.25) is 21.8 Å². The van der Waals surface area contributed by atoms with Gasteiger partial charge in [-0.2, -0.15) is 13.2 Å². The molecule has 0 aliphatic carbocycles. The fourth-order valence-electron chi connectivity index (χ4n) is 4.35. The highest BCUT2D eigenvalue weighted by molar-refractivity contribution is 7.92. The molecule has 3 rings (SSSR count). The van der Waals surface area contributed by atoms with Crippen molar-refractivity contribution in [2.75, 3.05) is 23.7 Å². The lowest BCUT2D eigenvalue weighted by Crippen LogP contribution is -2.53. The van der Waals surface area contributed by atoms with Crippen molar-refractivity contribution in [3.05, 3.63) is 100 Å². The molecule has 220 valence electrons. The van der Waals surface area contributed by atoms with E-state index in [4.69, 9.17) is 11.6 Å². The molecule has 1 atom stereocenters. The van der Waals surface area contributed by atoms with Crippen LogP contribution in [0.15, 0.2) is 72.8 Å². The minimum atomic E-state index is -4.85. The number of nitrogens with one attached hydrogen (secondary N) is 1. The molecule has 0 bridgehead atoms. The molecule has 0 heterocycles. The summed E-state index contributed by atoms with van der Waals surface area (Å²) in [5.74, 6) is -1.22. The number of carbonyl (C=O) groups is 2. The van der Waals surface area contributed by atoms with Crippen molar-refractivity contribution in [1.82, 2.24) is 10.2 Å². The molecular weight excluding hydrogens is 579 g/mol. The molecule has 0 radical (unpaired) electrons. The summed E-state index contributed by atoms with van der Waals surface area (Å²) in [6.07, 6.45) is -3.93. The van der Waals surface area contributed by atoms with Gasteiger partial charge < -0.3 is 10.2 Å². The summed E-state index contributed by atoms with van der Waals surface area (Å²) < 4.78 is 66.8. The van der Waals surface area contributed by atoms with Crippen LogP contribution in [0.25, 0.3) is 0 Å². The lowest BCUT2D eigenvalue weighted by Gasteiger charge is -2.33. The normalized spacial score (nSPS) is 12.5. The lowest BCUT2D eigenvalue weighted by atomic mass is 10.0. The monoisotopic (exact) mass is 609 g/mol. The summed E-state index contributed by atoms with van der Waals surface area (Å²) in [5, 5.41) is 2.13. The van der Waals surface area contributed by atoms with E-state index in [0.29, 0.717) is 15.9 Å². The number of sulfonamides is 1. The van der Waals surface area contributed by atoms with E-state index in [2.05, 4.69) is 5.32 Å². The Kier molecular flexibility index (Phi) is 10.4. The van der Waals surface area contributed by atoms with Crippen molar-refractivity contribution >= 4 is 39.1 Å². The Morgan fingerprint density at radius 3 is 2.22 bits per heavy atom. The van der Waals surface area contributed by atoms with Gasteiger partial charge >= 0.3 is 6.18 Å². The molecule has 3 aromatic carbocycles. The molecule has 2 amide bonds. The minimum Gasteiger partial charge on any atom is -0.355 e. The molecule has 0 aliphatic heterocycles. The summed E-state index contributed by atoms with van der Waals surface area (Å²) in [7, 11) is -4.24. The molecule has 7 nitrogen and oxygen atoms in total. The number of benzene rings is 3. The molecule has 1 N–H and O–H groups in total. The van der Waals surface area contributed by atoms with Crippen LogP contribution in [0.5, 0.6) is 0 Å². The average molecular weight is 610 g/mol. The second-order valence-corrected chi connectivity index (χ2v) is 11.9. The Labute approximate surface area is 243 Å². The fourth-order valence-corrected chi connectivity index (χ4v) is 5.42. The highest BCUT2D eigenvalue weighted by Gasteiger charge is 2.36. The molecule has 0 aliphatic rings. The fraction of sp³-hybridized carbons (Fsp3) is 0.310. The molecular formula is C29H31ClF3N3O4S. The van der Waals surface area contributed by atoms with E-state index in [9.17, 15) is 31.2 Å². The van der Waals surface area contributed by atoms with Gasteiger partial charge in [0.1, 0.15) is 12.6 Å². The molecule has 0 saturated heterocycles. The molecule has 0 aromatic heterocycles. The third-order valence-electron chi connectivity index (χ3n) is 6.28. The minimum absolute atomic E-state index is 0.0405. The zero-order valence-electron chi connectivity index (χ0n) is 22.8. The predicted molar refractivity (Wildman–Crippen MR) is 153 cm³/mol. The van der Waals surface area contributed by atoms with Gasteiger partial charge in [-0.25, -0.2) is 8.42 Å². The first-order chi connectivity index (χ1) is 19.2. The van der Waals surface area contributed by atoms with Gasteiger partial charge in [0, 0.05) is 19.5 Å². The van der Waals surface area contributed by atoms with Crippen LogP contribution in [-0.4, -0.2) is 50.5 Å². The number of alkyl halides is 3. The van der Waals surface area contributed by atoms with Crippen molar-refractivity contribution in [1.29, 1.82) is 0 Å². The Hall–Kier alpha value is -3.57. The SMILES string of the molecule is CCNC(=O)C(Cc1ccccc1)N(Cc1cccc(C)c1)C(=O)CN(c1ccc(Cl)c(C(F)(F)F)c1)S(C)(=O)=O. The van der Waals surface area contributed by atoms with E-state index in [1.807, 2.05) is 25.1 Å². The average Bonchev–Trinajstić information content (AvgIpc) is 2.89. The van der Waals surface area contributed by atoms with Gasteiger partial charge in [0.15, 0.2) is 0 Å². The van der Waals surface area contributed by atoms with Crippen LogP contribution in [0.4, 0.5) is 18.9 Å². The summed E-state index contributed by atoms with van der Waals surface area (Å²) in [6, 6.07) is 17.8. The largest absolute Gasteiger partial charge is 0.417 e. The molecule has 12 heteroatoms. The molecule has 0 fully saturated rings. The van der Waals surface area contributed by atoms with Crippen molar-refractivity contribution < 1.29 is 31.2 Å². The number of hydrogen-bond donors (Lipinski definition) is 1. The zero-order valence-corrected chi connectivity index (χ0v) is 24.4. The summed E-state index contributed by atoms with van der Waals surface area (Å²) in [4.78, 5) is 28.5. The van der Waals surface area contributed by atoms with Crippen molar-refractivity contribution in [3.8, 4) is 0 Å². The maximum Gasteiger partial charge on any atom is 0.417 e. The van der Waals surface area contributed by atoms with Crippen molar-refractivity contribution in [2.45, 2.75) is 39.0 Å². The van der Waals surface area contributed by atoms with E-state index < -0.39 is 51.2 Å². The first-order valence-corrected chi connectivity index (χ1v) is 14.9. The molecule has 0 saturated carbocycles. The second kappa shape index (κ2) is 13.4. The first kappa shape index (κ1) is 32.0. The van der Waals surface area contributed by atoms with Crippen molar-refractivity contribution in [2.24, 2.45) is 0 Å². The molecule has 3 aromatic rings. The van der Waals surface area contributed by atoms with Gasteiger partial charge in [0.25, 0.3) is 0 Å². The lowest BCUT2D eigenvalue weighted by molar-refractivity contribution is -0.140. The maximum absolute atomic E-state index is 13.9. The van der Waals surface area contributed by atoms with Crippen LogP contribution in [0.1, 0.15) is 29.2 Å². The Bertz CT molecular complexity index is 1480. The topological polar surface area (TPSA) is 86.8 Å². The summed E-state index contributed by atoms with van der Waals surface area (Å²) in [6.45, 7) is 3.01. The molecule has 41 heavy (non-hydrogen) atoms. The van der Waals surface area contributed by atoms with Crippen LogP contribution >= 0.6 is 11.6 Å². The highest BCUT2D eigenvalue weighted by atomic mass is 35.5. The maximum atomic E-state index is 13.9. The Morgan fingerprint density at radius 2 is 1.63 bits per heavy atom. The van der Waals surface area contributed by atoms with Crippen LogP contribution in [0.2, 0.25) is 5.02 Å². The smallest absolute Gasteiger partial charge is 0.355 e.